The van der Waals surface area contributed by atoms with E-state index >= 15 is 0 Å². The molecule has 0 aliphatic rings. The Morgan fingerprint density at radius 1 is 1.19 bits per heavy atom. The van der Waals surface area contributed by atoms with Gasteiger partial charge >= 0.3 is 12.2 Å². The highest BCUT2D eigenvalue weighted by molar-refractivity contribution is 5.98. The van der Waals surface area contributed by atoms with Gasteiger partial charge in [0.05, 0.1) is 13.2 Å². The Hall–Kier alpha value is -4.20. The molecule has 3 rings (SSSR count). The third-order valence-electron chi connectivity index (χ3n) is 5.35. The lowest BCUT2D eigenvalue weighted by atomic mass is 10.1. The smallest absolute Gasteiger partial charge is 0.433 e. The highest BCUT2D eigenvalue weighted by Gasteiger charge is 2.33. The molecule has 0 aliphatic carbocycles. The molecule has 0 saturated heterocycles. The third-order valence-corrected chi connectivity index (χ3v) is 5.35. The molecule has 198 valence electrons. The Bertz CT molecular complexity index is 1340. The summed E-state index contributed by atoms with van der Waals surface area (Å²) in [6, 6.07) is 3.27. The Morgan fingerprint density at radius 2 is 1.89 bits per heavy atom. The number of nitrogens with two attached hydrogens (primary N) is 2. The first kappa shape index (κ1) is 27.4. The number of methoxy groups -OCH3 is 1. The molecule has 0 aliphatic heterocycles. The molecule has 0 radical (unpaired) electrons. The Balaban J connectivity index is 1.95. The number of primary amides is 1. The second kappa shape index (κ2) is 10.8. The number of oxazole rings is 1. The van der Waals surface area contributed by atoms with Crippen LogP contribution < -0.4 is 21.5 Å². The molecule has 0 fully saturated rings. The highest BCUT2D eigenvalue weighted by atomic mass is 19.4. The molecule has 0 saturated carbocycles. The van der Waals surface area contributed by atoms with Crippen LogP contribution in [0.2, 0.25) is 0 Å². The van der Waals surface area contributed by atoms with Crippen molar-refractivity contribution < 1.29 is 36.7 Å². The number of amides is 4. The number of halogens is 3. The number of carbonyl (C=O) groups excluding carboxylic acids is 3. The van der Waals surface area contributed by atoms with E-state index in [2.05, 4.69) is 15.3 Å². The lowest BCUT2D eigenvalue weighted by Gasteiger charge is -2.16. The number of pyridine rings is 1. The van der Waals surface area contributed by atoms with Crippen molar-refractivity contribution >= 4 is 28.7 Å². The van der Waals surface area contributed by atoms with Crippen molar-refractivity contribution in [1.82, 2.24) is 20.2 Å². The van der Waals surface area contributed by atoms with Crippen LogP contribution in [0.1, 0.15) is 48.3 Å². The predicted molar refractivity (Wildman–Crippen MR) is 125 cm³/mol. The zero-order valence-corrected chi connectivity index (χ0v) is 20.2. The van der Waals surface area contributed by atoms with Crippen molar-refractivity contribution in [2.24, 2.45) is 11.5 Å². The molecule has 1 aromatic carbocycles. The van der Waals surface area contributed by atoms with Gasteiger partial charge in [-0.05, 0) is 38.1 Å². The molecule has 4 amide bonds. The van der Waals surface area contributed by atoms with Gasteiger partial charge in [0, 0.05) is 30.5 Å². The van der Waals surface area contributed by atoms with Gasteiger partial charge in [-0.2, -0.15) is 13.2 Å². The third kappa shape index (κ3) is 5.80. The molecule has 0 bridgehead atoms. The van der Waals surface area contributed by atoms with E-state index in [1.54, 1.807) is 13.8 Å². The zero-order chi connectivity index (χ0) is 27.5. The first-order chi connectivity index (χ1) is 17.4. The predicted octanol–water partition coefficient (Wildman–Crippen LogP) is 2.98. The molecule has 1 atom stereocenters. The van der Waals surface area contributed by atoms with Gasteiger partial charge < -0.3 is 25.9 Å². The van der Waals surface area contributed by atoms with Gasteiger partial charge in [-0.1, -0.05) is 0 Å². The quantitative estimate of drug-likeness (QED) is 0.406. The lowest BCUT2D eigenvalue weighted by Crippen LogP contribution is -2.41. The SMILES string of the molecule is CCN(C(N)=O)C(=O)CCNC(=O)c1nc(-c2ccc(OC)c3nc(C(F)(F)F)ccc23)oc1[C@H](C)N. The van der Waals surface area contributed by atoms with E-state index in [4.69, 9.17) is 20.6 Å². The van der Waals surface area contributed by atoms with Gasteiger partial charge in [-0.15, -0.1) is 0 Å². The Labute approximate surface area is 209 Å². The lowest BCUT2D eigenvalue weighted by molar-refractivity contribution is -0.141. The molecule has 2 heterocycles. The fourth-order valence-corrected chi connectivity index (χ4v) is 3.58. The van der Waals surface area contributed by atoms with E-state index in [1.807, 2.05) is 0 Å². The van der Waals surface area contributed by atoms with E-state index in [9.17, 15) is 27.6 Å². The maximum Gasteiger partial charge on any atom is 0.433 e. The largest absolute Gasteiger partial charge is 0.494 e. The van der Waals surface area contributed by atoms with Crippen molar-refractivity contribution in [2.45, 2.75) is 32.5 Å². The molecule has 0 unspecified atom stereocenters. The minimum atomic E-state index is -4.67. The van der Waals surface area contributed by atoms with Crippen LogP contribution in [0.4, 0.5) is 18.0 Å². The van der Waals surface area contributed by atoms with Gasteiger partial charge in [-0.25, -0.2) is 14.8 Å². The fourth-order valence-electron chi connectivity index (χ4n) is 3.58. The molecule has 37 heavy (non-hydrogen) atoms. The number of aromatic nitrogens is 2. The fraction of sp³-hybridized carbons (Fsp3) is 0.348. The molecule has 5 N–H and O–H groups in total. The Kier molecular flexibility index (Phi) is 8.01. The maximum atomic E-state index is 13.2. The number of urea groups is 1. The van der Waals surface area contributed by atoms with Crippen LogP contribution in [0.3, 0.4) is 0 Å². The summed E-state index contributed by atoms with van der Waals surface area (Å²) < 4.78 is 50.6. The first-order valence-corrected chi connectivity index (χ1v) is 11.1. The summed E-state index contributed by atoms with van der Waals surface area (Å²) in [5.41, 5.74) is 10.0. The summed E-state index contributed by atoms with van der Waals surface area (Å²) in [7, 11) is 1.30. The van der Waals surface area contributed by atoms with E-state index in [0.717, 1.165) is 11.0 Å². The van der Waals surface area contributed by atoms with Crippen LogP contribution >= 0.6 is 0 Å². The van der Waals surface area contributed by atoms with Crippen molar-refractivity contribution in [1.29, 1.82) is 0 Å². The summed E-state index contributed by atoms with van der Waals surface area (Å²) in [5, 5.41) is 2.76. The average Bonchev–Trinajstić information content (AvgIpc) is 3.28. The van der Waals surface area contributed by atoms with Crippen LogP contribution in [0.25, 0.3) is 22.4 Å². The standard InChI is InChI=1S/C23H25F3N6O5/c1-4-32(22(28)35)16(33)9-10-29-20(34)18-19(11(2)27)37-21(31-18)13-5-7-14(36-3)17-12(13)6-8-15(30-17)23(24,25)26/h5-8,11H,4,9-10,27H2,1-3H3,(H2,28,35)(H,29,34)/t11-/m0/s1. The number of ether oxygens (including phenoxy) is 1. The molecule has 2 aromatic heterocycles. The molecule has 14 heteroatoms. The van der Waals surface area contributed by atoms with Crippen LogP contribution in [0.5, 0.6) is 5.75 Å². The van der Waals surface area contributed by atoms with Crippen LogP contribution in [-0.2, 0) is 11.0 Å². The summed E-state index contributed by atoms with van der Waals surface area (Å²) >= 11 is 0. The van der Waals surface area contributed by atoms with Crippen LogP contribution in [-0.4, -0.2) is 52.9 Å². The van der Waals surface area contributed by atoms with Crippen molar-refractivity contribution in [3.8, 4) is 17.2 Å². The summed E-state index contributed by atoms with van der Waals surface area (Å²) in [4.78, 5) is 45.0. The molecule has 11 nitrogen and oxygen atoms in total. The maximum absolute atomic E-state index is 13.2. The highest BCUT2D eigenvalue weighted by Crippen LogP contribution is 2.37. The number of carbonyl (C=O) groups is 3. The van der Waals surface area contributed by atoms with Crippen molar-refractivity contribution in [3.05, 3.63) is 41.4 Å². The van der Waals surface area contributed by atoms with Gasteiger partial charge in [0.15, 0.2) is 11.5 Å². The zero-order valence-electron chi connectivity index (χ0n) is 20.2. The number of nitrogens with one attached hydrogen (secondary N) is 1. The topological polar surface area (TPSA) is 167 Å². The molecule has 0 spiro atoms. The van der Waals surface area contributed by atoms with Crippen molar-refractivity contribution in [2.75, 3.05) is 20.2 Å². The van der Waals surface area contributed by atoms with Crippen molar-refractivity contribution in [3.63, 3.8) is 0 Å². The summed E-state index contributed by atoms with van der Waals surface area (Å²) in [5.74, 6) is -1.22. The van der Waals surface area contributed by atoms with E-state index in [0.29, 0.717) is 0 Å². The number of benzene rings is 1. The minimum absolute atomic E-state index is 0.0231. The molecular weight excluding hydrogens is 497 g/mol. The molecule has 3 aromatic rings. The second-order valence-electron chi connectivity index (χ2n) is 7.91. The van der Waals surface area contributed by atoms with Gasteiger partial charge in [0.1, 0.15) is 17.0 Å². The van der Waals surface area contributed by atoms with Crippen LogP contribution in [0.15, 0.2) is 28.7 Å². The number of imide groups is 1. The second-order valence-corrected chi connectivity index (χ2v) is 7.91. The Morgan fingerprint density at radius 3 is 2.46 bits per heavy atom. The number of hydrogen-bond acceptors (Lipinski definition) is 8. The normalized spacial score (nSPS) is 12.3. The van der Waals surface area contributed by atoms with Gasteiger partial charge in [-0.3, -0.25) is 14.5 Å². The number of fused-ring (bicyclic) bond motifs is 1. The number of hydrogen-bond donors (Lipinski definition) is 3. The molecular formula is C23H25F3N6O5. The first-order valence-electron chi connectivity index (χ1n) is 11.1. The van der Waals surface area contributed by atoms with E-state index in [1.165, 1.54) is 25.3 Å². The number of alkyl halides is 3. The van der Waals surface area contributed by atoms with E-state index in [-0.39, 0.29) is 59.1 Å². The average molecular weight is 522 g/mol. The van der Waals surface area contributed by atoms with Gasteiger partial charge in [0.2, 0.25) is 11.8 Å². The number of nitrogens with zero attached hydrogens (tertiary/aromatic N) is 3. The summed E-state index contributed by atoms with van der Waals surface area (Å²) in [6.45, 7) is 3.09. The van der Waals surface area contributed by atoms with E-state index < -0.39 is 35.8 Å². The summed E-state index contributed by atoms with van der Waals surface area (Å²) in [6.07, 6.45) is -4.87. The van der Waals surface area contributed by atoms with Crippen LogP contribution in [0, 0.1) is 0 Å². The number of rotatable bonds is 8. The van der Waals surface area contributed by atoms with Gasteiger partial charge in [0.25, 0.3) is 5.91 Å². The monoisotopic (exact) mass is 522 g/mol. The minimum Gasteiger partial charge on any atom is -0.494 e.